The molecule has 0 bridgehead atoms. The Kier molecular flexibility index (Phi) is 8.46. The van der Waals surface area contributed by atoms with E-state index in [1.165, 1.54) is 13.0 Å². The van der Waals surface area contributed by atoms with Crippen molar-refractivity contribution in [1.82, 2.24) is 0 Å². The molecule has 0 atom stereocenters. The van der Waals surface area contributed by atoms with Crippen LogP contribution in [0.4, 0.5) is 0 Å². The number of esters is 2. The fourth-order valence-corrected chi connectivity index (χ4v) is 2.41. The van der Waals surface area contributed by atoms with Gasteiger partial charge >= 0.3 is 17.6 Å². The maximum atomic E-state index is 12.3. The summed E-state index contributed by atoms with van der Waals surface area (Å²) in [7, 11) is 0. The van der Waals surface area contributed by atoms with Crippen LogP contribution in [0.2, 0.25) is 0 Å². The summed E-state index contributed by atoms with van der Waals surface area (Å²) in [5, 5.41) is 0.451. The van der Waals surface area contributed by atoms with Gasteiger partial charge in [-0.3, -0.25) is 0 Å². The zero-order chi connectivity index (χ0) is 22.1. The highest BCUT2D eigenvalue weighted by Gasteiger charge is 2.18. The quantitative estimate of drug-likeness (QED) is 0.236. The minimum Gasteiger partial charge on any atom is -0.493 e. The lowest BCUT2D eigenvalue weighted by Gasteiger charge is -2.12. The molecular weight excluding hydrogens is 392 g/mol. The molecule has 0 N–H and O–H groups in total. The van der Waals surface area contributed by atoms with Crippen LogP contribution in [0, 0.1) is 0 Å². The van der Waals surface area contributed by atoms with Crippen molar-refractivity contribution in [2.45, 2.75) is 33.6 Å². The van der Waals surface area contributed by atoms with Crippen LogP contribution < -0.4 is 15.1 Å². The molecule has 30 heavy (non-hydrogen) atoms. The van der Waals surface area contributed by atoms with E-state index in [9.17, 15) is 14.4 Å². The summed E-state index contributed by atoms with van der Waals surface area (Å²) in [5.74, 6) is -0.526. The van der Waals surface area contributed by atoms with Gasteiger partial charge in [-0.05, 0) is 25.8 Å². The zero-order valence-electron chi connectivity index (χ0n) is 17.4. The average Bonchev–Trinajstić information content (AvgIpc) is 2.72. The fourth-order valence-electron chi connectivity index (χ4n) is 2.41. The molecule has 1 aromatic heterocycles. The van der Waals surface area contributed by atoms with Gasteiger partial charge in [-0.15, -0.1) is 0 Å². The van der Waals surface area contributed by atoms with E-state index in [0.29, 0.717) is 30.1 Å². The van der Waals surface area contributed by atoms with Gasteiger partial charge in [0.05, 0.1) is 18.6 Å². The van der Waals surface area contributed by atoms with E-state index >= 15 is 0 Å². The molecule has 0 aliphatic carbocycles. The number of hydrogen-bond acceptors (Lipinski definition) is 8. The first-order chi connectivity index (χ1) is 14.4. The molecule has 0 radical (unpaired) electrons. The van der Waals surface area contributed by atoms with Crippen LogP contribution in [0.1, 0.15) is 44.0 Å². The van der Waals surface area contributed by atoms with Crippen molar-refractivity contribution in [3.05, 3.63) is 46.3 Å². The topological polar surface area (TPSA) is 101 Å². The summed E-state index contributed by atoms with van der Waals surface area (Å²) in [6.07, 6.45) is 1.59. The molecule has 1 aromatic carbocycles. The van der Waals surface area contributed by atoms with Gasteiger partial charge in [0.25, 0.3) is 0 Å². The second-order valence-electron chi connectivity index (χ2n) is 6.53. The molecule has 0 unspecified atom stereocenters. The maximum absolute atomic E-state index is 12.3. The Balaban J connectivity index is 2.25. The highest BCUT2D eigenvalue weighted by atomic mass is 16.6. The summed E-state index contributed by atoms with van der Waals surface area (Å²) in [4.78, 5) is 35.9. The first-order valence-corrected chi connectivity index (χ1v) is 9.74. The molecule has 1 heterocycles. The first kappa shape index (κ1) is 23.0. The Hall–Kier alpha value is -3.29. The Morgan fingerprint density at radius 3 is 2.30 bits per heavy atom. The summed E-state index contributed by atoms with van der Waals surface area (Å²) >= 11 is 0. The van der Waals surface area contributed by atoms with Crippen molar-refractivity contribution in [3.63, 3.8) is 0 Å². The third-order valence-electron chi connectivity index (χ3n) is 3.84. The molecule has 8 nitrogen and oxygen atoms in total. The summed E-state index contributed by atoms with van der Waals surface area (Å²) < 4.78 is 26.6. The smallest absolute Gasteiger partial charge is 0.351 e. The molecule has 0 amide bonds. The normalized spacial score (nSPS) is 10.5. The summed E-state index contributed by atoms with van der Waals surface area (Å²) in [5.41, 5.74) is -0.650. The fraction of sp³-hybridized carbons (Fsp3) is 0.409. The second kappa shape index (κ2) is 11.0. The third kappa shape index (κ3) is 6.10. The molecule has 2 aromatic rings. The molecule has 0 saturated carbocycles. The summed E-state index contributed by atoms with van der Waals surface area (Å²) in [6.45, 7) is 9.48. The number of fused-ring (bicyclic) bond motifs is 1. The molecule has 8 heteroatoms. The van der Waals surface area contributed by atoms with Crippen LogP contribution in [0.15, 0.2) is 39.6 Å². The Morgan fingerprint density at radius 1 is 0.967 bits per heavy atom. The van der Waals surface area contributed by atoms with Crippen LogP contribution in [0.3, 0.4) is 0 Å². The van der Waals surface area contributed by atoms with Gasteiger partial charge in [0.1, 0.15) is 35.9 Å². The van der Waals surface area contributed by atoms with Crippen LogP contribution in [0.25, 0.3) is 11.0 Å². The predicted molar refractivity (Wildman–Crippen MR) is 110 cm³/mol. The molecule has 2 rings (SSSR count). The van der Waals surface area contributed by atoms with Gasteiger partial charge < -0.3 is 23.4 Å². The first-order valence-electron chi connectivity index (χ1n) is 9.74. The molecule has 0 fully saturated rings. The Labute approximate surface area is 174 Å². The van der Waals surface area contributed by atoms with Crippen molar-refractivity contribution in [3.8, 4) is 11.5 Å². The van der Waals surface area contributed by atoms with E-state index in [0.717, 1.165) is 12.8 Å². The van der Waals surface area contributed by atoms with Gasteiger partial charge in [-0.1, -0.05) is 20.4 Å². The summed E-state index contributed by atoms with van der Waals surface area (Å²) in [6, 6.07) is 4.65. The molecule has 0 saturated heterocycles. The minimum atomic E-state index is -0.884. The largest absolute Gasteiger partial charge is 0.493 e. The average molecular weight is 418 g/mol. The van der Waals surface area contributed by atoms with Crippen LogP contribution in [0.5, 0.6) is 11.5 Å². The highest BCUT2D eigenvalue weighted by Crippen LogP contribution is 2.31. The lowest BCUT2D eigenvalue weighted by molar-refractivity contribution is -0.140. The lowest BCUT2D eigenvalue weighted by atomic mass is 10.1. The SMILES string of the molecule is C=C(C)C(=O)OCCOC(=O)c1cc2c(OCCC)cc(OCCC)cc2oc1=O. The lowest BCUT2D eigenvalue weighted by Crippen LogP contribution is -2.19. The number of hydrogen-bond donors (Lipinski definition) is 0. The molecular formula is C22H26O8. The Morgan fingerprint density at radius 2 is 1.63 bits per heavy atom. The molecule has 0 spiro atoms. The van der Waals surface area contributed by atoms with Crippen molar-refractivity contribution in [1.29, 1.82) is 0 Å². The molecule has 0 aliphatic heterocycles. The van der Waals surface area contributed by atoms with Gasteiger partial charge in [0, 0.05) is 17.7 Å². The highest BCUT2D eigenvalue weighted by molar-refractivity contribution is 5.95. The van der Waals surface area contributed by atoms with Crippen molar-refractivity contribution >= 4 is 22.9 Å². The zero-order valence-corrected chi connectivity index (χ0v) is 17.4. The van der Waals surface area contributed by atoms with Crippen LogP contribution in [-0.4, -0.2) is 38.4 Å². The van der Waals surface area contributed by atoms with E-state index in [1.807, 2.05) is 13.8 Å². The number of carbonyl (C=O) groups excluding carboxylic acids is 2. The number of carbonyl (C=O) groups is 2. The van der Waals surface area contributed by atoms with E-state index in [1.54, 1.807) is 12.1 Å². The third-order valence-corrected chi connectivity index (χ3v) is 3.84. The van der Waals surface area contributed by atoms with E-state index < -0.39 is 17.6 Å². The monoisotopic (exact) mass is 418 g/mol. The molecule has 0 aliphatic rings. The maximum Gasteiger partial charge on any atom is 0.351 e. The standard InChI is InChI=1S/C22H26O8/c1-5-7-26-15-11-18(27-8-6-2)16-13-17(22(25)30-19(16)12-15)21(24)29-10-9-28-20(23)14(3)4/h11-13H,3,5-10H2,1-2,4H3. The predicted octanol–water partition coefficient (Wildman–Crippen LogP) is 3.65. The van der Waals surface area contributed by atoms with Crippen LogP contribution in [-0.2, 0) is 14.3 Å². The van der Waals surface area contributed by atoms with Crippen LogP contribution >= 0.6 is 0 Å². The van der Waals surface area contributed by atoms with Gasteiger partial charge in [0.15, 0.2) is 0 Å². The van der Waals surface area contributed by atoms with Gasteiger partial charge in [-0.2, -0.15) is 0 Å². The van der Waals surface area contributed by atoms with E-state index in [4.69, 9.17) is 23.4 Å². The van der Waals surface area contributed by atoms with Gasteiger partial charge in [-0.25, -0.2) is 14.4 Å². The number of rotatable bonds is 11. The van der Waals surface area contributed by atoms with Crippen molar-refractivity contribution < 1.29 is 33.0 Å². The minimum absolute atomic E-state index is 0.153. The second-order valence-corrected chi connectivity index (χ2v) is 6.53. The molecule has 162 valence electrons. The van der Waals surface area contributed by atoms with E-state index in [2.05, 4.69) is 6.58 Å². The Bertz CT molecular complexity index is 973. The van der Waals surface area contributed by atoms with Crippen molar-refractivity contribution in [2.24, 2.45) is 0 Å². The number of ether oxygens (including phenoxy) is 4. The van der Waals surface area contributed by atoms with Crippen molar-refractivity contribution in [2.75, 3.05) is 26.4 Å². The number of benzene rings is 1. The van der Waals surface area contributed by atoms with E-state index in [-0.39, 0.29) is 29.9 Å². The van der Waals surface area contributed by atoms with Gasteiger partial charge in [0.2, 0.25) is 0 Å².